The van der Waals surface area contributed by atoms with Gasteiger partial charge in [-0.25, -0.2) is 9.67 Å². The van der Waals surface area contributed by atoms with Crippen molar-refractivity contribution in [3.05, 3.63) is 46.8 Å². The summed E-state index contributed by atoms with van der Waals surface area (Å²) in [6.07, 6.45) is 5.76. The normalized spacial score (nSPS) is 20.1. The molecule has 1 amide bonds. The lowest BCUT2D eigenvalue weighted by molar-refractivity contribution is -0.129. The Bertz CT molecular complexity index is 1440. The van der Waals surface area contributed by atoms with Crippen LogP contribution in [0.3, 0.4) is 0 Å². The van der Waals surface area contributed by atoms with Crippen LogP contribution in [0.1, 0.15) is 31.7 Å². The largest absolute Gasteiger partial charge is 0.359 e. The Hall–Kier alpha value is -3.58. The third-order valence-electron chi connectivity index (χ3n) is 6.28. The molecule has 1 aliphatic rings. The first-order valence-corrected chi connectivity index (χ1v) is 11.4. The number of hydrogen-bond acceptors (Lipinski definition) is 7. The summed E-state index contributed by atoms with van der Waals surface area (Å²) < 4.78 is 2.31. The Morgan fingerprint density at radius 2 is 2.21 bits per heavy atom. The minimum absolute atomic E-state index is 0.0595. The molecule has 5 rings (SSSR count). The monoisotopic (exact) mass is 504 g/mol. The van der Waals surface area contributed by atoms with E-state index in [0.29, 0.717) is 39.4 Å². The molecule has 1 saturated carbocycles. The van der Waals surface area contributed by atoms with E-state index in [9.17, 15) is 10.1 Å². The van der Waals surface area contributed by atoms with Crippen LogP contribution in [0.25, 0.3) is 27.6 Å². The molecule has 33 heavy (non-hydrogen) atoms. The first-order chi connectivity index (χ1) is 15.9. The lowest BCUT2D eigenvalue weighted by atomic mass is 9.87. The average molecular weight is 505 g/mol. The van der Waals surface area contributed by atoms with Crippen LogP contribution in [0.15, 0.2) is 41.3 Å². The highest BCUT2D eigenvalue weighted by atomic mass is 79.9. The van der Waals surface area contributed by atoms with Crippen molar-refractivity contribution < 1.29 is 4.79 Å². The summed E-state index contributed by atoms with van der Waals surface area (Å²) in [7, 11) is 1.67. The van der Waals surface area contributed by atoms with E-state index in [1.54, 1.807) is 30.2 Å². The lowest BCUT2D eigenvalue weighted by Gasteiger charge is -2.22. The van der Waals surface area contributed by atoms with Crippen molar-refractivity contribution in [3.63, 3.8) is 0 Å². The molecule has 1 fully saturated rings. The standard InChI is InChI=1S/C23H21BrN8O/c1-23(21(33)26-2)6-5-15(10-23)29-22-28-12-17-19(24)31-32(20(17)30-22)16-8-13-4-3-7-27-18(13)14(9-16)11-25/h3-4,7-9,12,15H,5-6,10H2,1-2H3,(H,26,33)(H,28,29,30)/t15-,23+/m1/s1. The third-order valence-corrected chi connectivity index (χ3v) is 6.87. The fourth-order valence-corrected chi connectivity index (χ4v) is 5.00. The van der Waals surface area contributed by atoms with Gasteiger partial charge in [0, 0.05) is 36.3 Å². The van der Waals surface area contributed by atoms with E-state index in [4.69, 9.17) is 4.98 Å². The number of aromatic nitrogens is 5. The number of rotatable bonds is 4. The molecule has 3 heterocycles. The van der Waals surface area contributed by atoms with Crippen LogP contribution < -0.4 is 10.6 Å². The first-order valence-electron chi connectivity index (χ1n) is 10.6. The molecule has 0 spiro atoms. The molecule has 2 N–H and O–H groups in total. The summed E-state index contributed by atoms with van der Waals surface area (Å²) >= 11 is 3.50. The Morgan fingerprint density at radius 3 is 3.00 bits per heavy atom. The molecular formula is C23H21BrN8O. The third kappa shape index (κ3) is 3.68. The smallest absolute Gasteiger partial charge is 0.225 e. The summed E-state index contributed by atoms with van der Waals surface area (Å²) in [5, 5.41) is 22.0. The van der Waals surface area contributed by atoms with Crippen molar-refractivity contribution in [2.24, 2.45) is 5.41 Å². The first kappa shape index (κ1) is 21.3. The van der Waals surface area contributed by atoms with Gasteiger partial charge >= 0.3 is 0 Å². The molecule has 0 aliphatic heterocycles. The van der Waals surface area contributed by atoms with E-state index in [0.717, 1.165) is 23.6 Å². The molecule has 2 atom stereocenters. The van der Waals surface area contributed by atoms with Gasteiger partial charge in [0.1, 0.15) is 10.7 Å². The molecule has 4 aromatic rings. The van der Waals surface area contributed by atoms with Crippen LogP contribution in [0.4, 0.5) is 5.95 Å². The fraction of sp³-hybridized carbons (Fsp3) is 0.304. The molecule has 0 unspecified atom stereocenters. The van der Waals surface area contributed by atoms with Gasteiger partial charge in [-0.2, -0.15) is 15.3 Å². The van der Waals surface area contributed by atoms with Crippen molar-refractivity contribution in [3.8, 4) is 11.8 Å². The van der Waals surface area contributed by atoms with Crippen molar-refractivity contribution in [1.82, 2.24) is 30.0 Å². The van der Waals surface area contributed by atoms with Gasteiger partial charge in [0.05, 0.1) is 22.2 Å². The molecular weight excluding hydrogens is 484 g/mol. The number of amides is 1. The number of carbonyl (C=O) groups excluding carboxylic acids is 1. The number of nitrogens with one attached hydrogen (secondary N) is 2. The molecule has 1 aliphatic carbocycles. The highest BCUT2D eigenvalue weighted by molar-refractivity contribution is 9.10. The average Bonchev–Trinajstić information content (AvgIpc) is 3.37. The topological polar surface area (TPSA) is 121 Å². The number of carbonyl (C=O) groups is 1. The maximum absolute atomic E-state index is 12.2. The number of halogens is 1. The van der Waals surface area contributed by atoms with Gasteiger partial charge in [0.15, 0.2) is 5.65 Å². The van der Waals surface area contributed by atoms with Crippen LogP contribution in [-0.4, -0.2) is 43.7 Å². The molecule has 0 radical (unpaired) electrons. The van der Waals surface area contributed by atoms with Gasteiger partial charge in [0.25, 0.3) is 0 Å². The zero-order valence-corrected chi connectivity index (χ0v) is 19.7. The number of fused-ring (bicyclic) bond motifs is 2. The van der Waals surface area contributed by atoms with E-state index in [-0.39, 0.29) is 11.9 Å². The Kier molecular flexibility index (Phi) is 5.21. The zero-order chi connectivity index (χ0) is 23.2. The number of hydrogen-bond donors (Lipinski definition) is 2. The second kappa shape index (κ2) is 8.08. The maximum atomic E-state index is 12.2. The van der Waals surface area contributed by atoms with E-state index < -0.39 is 5.41 Å². The molecule has 3 aromatic heterocycles. The van der Waals surface area contributed by atoms with Gasteiger partial charge in [-0.1, -0.05) is 13.0 Å². The van der Waals surface area contributed by atoms with Gasteiger partial charge < -0.3 is 10.6 Å². The van der Waals surface area contributed by atoms with Gasteiger partial charge in [-0.3, -0.25) is 9.78 Å². The van der Waals surface area contributed by atoms with Crippen molar-refractivity contribution in [2.75, 3.05) is 12.4 Å². The second-order valence-corrected chi connectivity index (χ2v) is 9.29. The number of nitrogens with zero attached hydrogens (tertiary/aromatic N) is 6. The van der Waals surface area contributed by atoms with Gasteiger partial charge in [-0.05, 0) is 53.4 Å². The van der Waals surface area contributed by atoms with Gasteiger partial charge in [0.2, 0.25) is 11.9 Å². The number of nitriles is 1. The molecule has 0 bridgehead atoms. The molecule has 0 saturated heterocycles. The Morgan fingerprint density at radius 1 is 1.36 bits per heavy atom. The zero-order valence-electron chi connectivity index (χ0n) is 18.1. The molecule has 1 aromatic carbocycles. The minimum Gasteiger partial charge on any atom is -0.359 e. The van der Waals surface area contributed by atoms with Crippen molar-refractivity contribution >= 4 is 49.7 Å². The number of benzene rings is 1. The SMILES string of the molecule is CNC(=O)[C@@]1(C)CC[C@@H](Nc2ncc3c(Br)nn(-c4cc(C#N)c5ncccc5c4)c3n2)C1. The van der Waals surface area contributed by atoms with E-state index in [1.165, 1.54) is 0 Å². The summed E-state index contributed by atoms with van der Waals surface area (Å²) in [6, 6.07) is 9.77. The lowest BCUT2D eigenvalue weighted by Crippen LogP contribution is -2.35. The molecule has 166 valence electrons. The fourth-order valence-electron chi connectivity index (χ4n) is 4.56. The predicted octanol–water partition coefficient (Wildman–Crippen LogP) is 3.71. The molecule has 10 heteroatoms. The van der Waals surface area contributed by atoms with Crippen molar-refractivity contribution in [2.45, 2.75) is 32.2 Å². The predicted molar refractivity (Wildman–Crippen MR) is 128 cm³/mol. The Labute approximate surface area is 198 Å². The quantitative estimate of drug-likeness (QED) is 0.434. The minimum atomic E-state index is -0.395. The van der Waals surface area contributed by atoms with E-state index in [1.807, 2.05) is 25.1 Å². The van der Waals surface area contributed by atoms with Crippen LogP contribution in [0.2, 0.25) is 0 Å². The summed E-state index contributed by atoms with van der Waals surface area (Å²) in [5.74, 6) is 0.537. The van der Waals surface area contributed by atoms with Crippen LogP contribution >= 0.6 is 15.9 Å². The summed E-state index contributed by atoms with van der Waals surface area (Å²) in [5.41, 5.74) is 2.04. The van der Waals surface area contributed by atoms with Gasteiger partial charge in [-0.15, -0.1) is 0 Å². The van der Waals surface area contributed by atoms with Crippen LogP contribution in [0.5, 0.6) is 0 Å². The molecule has 9 nitrogen and oxygen atoms in total. The summed E-state index contributed by atoms with van der Waals surface area (Å²) in [6.45, 7) is 1.99. The highest BCUT2D eigenvalue weighted by Crippen LogP contribution is 2.39. The number of pyridine rings is 1. The van der Waals surface area contributed by atoms with E-state index >= 15 is 0 Å². The van der Waals surface area contributed by atoms with Crippen LogP contribution in [-0.2, 0) is 4.79 Å². The Balaban J connectivity index is 1.52. The number of anilines is 1. The van der Waals surface area contributed by atoms with Crippen molar-refractivity contribution in [1.29, 1.82) is 5.26 Å². The summed E-state index contributed by atoms with van der Waals surface area (Å²) in [4.78, 5) is 25.8. The van der Waals surface area contributed by atoms with E-state index in [2.05, 4.69) is 47.7 Å². The van der Waals surface area contributed by atoms with Crippen LogP contribution in [0, 0.1) is 16.7 Å². The maximum Gasteiger partial charge on any atom is 0.225 e. The highest BCUT2D eigenvalue weighted by Gasteiger charge is 2.40. The second-order valence-electron chi connectivity index (χ2n) is 8.54.